The smallest absolute Gasteiger partial charge is 0.261 e. The van der Waals surface area contributed by atoms with Crippen molar-refractivity contribution in [3.63, 3.8) is 0 Å². The molecule has 0 spiro atoms. The zero-order chi connectivity index (χ0) is 95.6. The number of nitrogens with one attached hydrogen (secondary N) is 4. The number of nitrogens with zero attached hydrogens (tertiary/aromatic N) is 8. The second-order valence-corrected chi connectivity index (χ2v) is 46.9. The van der Waals surface area contributed by atoms with Crippen molar-refractivity contribution in [1.29, 1.82) is 0 Å². The zero-order valence-electron chi connectivity index (χ0n) is 78.3. The van der Waals surface area contributed by atoms with E-state index in [2.05, 4.69) is 138 Å². The minimum atomic E-state index is -3.86. The standard InChI is InChI=1S/C54H65ClN6O5S3.C52H59ClN6O5S3/c1-6-61-52(38(2)3)54(68(5,63)64)51(53(61)40-15-17-42(55)18-16-40)41-11-10-12-46(36-41)60-33-31-59(32-34-60)45-21-19-43(20-22-45)57-69(65,66)49-23-24-50(39(4)35-49)56-44(37-67-48-13-8-7-9-14-48)25-28-58-29-26-47(62)27-30-58;1-37-34-47(21-22-48(37)54-42(36-65-46-10-4-3-5-11-46)23-27-56-28-24-45(60)25-29-56)67(63,64)55-41-17-19-43(20-18-41)57-30-32-58(33-31-57)44-9-6-8-39(35-44)50-51(38-13-15-40(53)16-14-38)59-26-7-12-49(59)52(50)66(2,61)62/h7-24,35-36,38,44,47,56-57,62H,6,25-34,37H2,1-5H3;3-6,8-11,13-22,34-35,42,45,54-55,60H,7,12,23-33,36H2,1-2H3/t44-;42-/m11/s1. The van der Waals surface area contributed by atoms with Crippen LogP contribution >= 0.6 is 46.7 Å². The van der Waals surface area contributed by atoms with E-state index in [1.54, 1.807) is 24.3 Å². The molecular formula is C106H124Cl2N12O10S6. The number of benzene rings is 10. The molecule has 4 saturated heterocycles. The Kier molecular flexibility index (Phi) is 32.1. The Balaban J connectivity index is 0.000000197. The highest BCUT2D eigenvalue weighted by atomic mass is 35.5. The number of sulfone groups is 2. The van der Waals surface area contributed by atoms with Crippen LogP contribution in [0.2, 0.25) is 10.0 Å². The molecule has 12 aromatic rings. The van der Waals surface area contributed by atoms with Crippen LogP contribution in [0.5, 0.6) is 0 Å². The number of aromatic nitrogens is 2. The number of piperazine rings is 2. The Bertz CT molecular complexity index is 6610. The van der Waals surface area contributed by atoms with Gasteiger partial charge in [-0.2, -0.15) is 0 Å². The van der Waals surface area contributed by atoms with Crippen LogP contribution in [0.15, 0.2) is 272 Å². The second-order valence-electron chi connectivity index (χ2n) is 36.6. The van der Waals surface area contributed by atoms with E-state index in [0.717, 1.165) is 250 Å². The Labute approximate surface area is 822 Å². The number of hydrogen-bond acceptors (Lipinski definition) is 20. The summed E-state index contributed by atoms with van der Waals surface area (Å²) in [6.45, 7) is 22.9. The number of anilines is 8. The van der Waals surface area contributed by atoms with Crippen LogP contribution in [-0.4, -0.2) is 203 Å². The van der Waals surface area contributed by atoms with E-state index in [1.807, 2.05) is 197 Å². The van der Waals surface area contributed by atoms with Crippen LogP contribution in [0, 0.1) is 13.8 Å². The number of halogens is 2. The number of piperidine rings is 2. The maximum absolute atomic E-state index is 13.7. The molecule has 136 heavy (non-hydrogen) atoms. The van der Waals surface area contributed by atoms with Crippen molar-refractivity contribution in [2.75, 3.05) is 155 Å². The van der Waals surface area contributed by atoms with E-state index in [4.69, 9.17) is 23.2 Å². The van der Waals surface area contributed by atoms with Gasteiger partial charge in [0.25, 0.3) is 20.0 Å². The lowest BCUT2D eigenvalue weighted by Crippen LogP contribution is -2.46. The molecule has 0 unspecified atom stereocenters. The number of likely N-dealkylation sites (tertiary alicyclic amines) is 2. The SMILES string of the molecule is CCn1c(-c2ccc(Cl)cc2)c(-c2cccc(N3CCN(c4ccc(NS(=O)(=O)c5ccc(N[C@H](CCN6CCC(O)CC6)CSc6ccccc6)c(C)c5)cc4)CC3)c2)c(S(C)(=O)=O)c1C(C)C.Cc1cc(S(=O)(=O)Nc2ccc(N3CCN(c4cccc(-c5c(S(C)(=O)=O)c6n(c5-c5ccc(Cl)cc5)CCC6)c4)CC3)cc2)ccc1N[C@H](CCN1CCC(O)CC1)CSc1ccccc1. The van der Waals surface area contributed by atoms with Gasteiger partial charge in [-0.1, -0.05) is 122 Å². The number of aliphatic hydroxyl groups excluding tert-OH is 2. The Morgan fingerprint density at radius 3 is 1.19 bits per heavy atom. The summed E-state index contributed by atoms with van der Waals surface area (Å²) < 4.78 is 119. The molecular weight excluding hydrogens is 1860 g/mol. The first-order valence-electron chi connectivity index (χ1n) is 47.2. The molecule has 2 atom stereocenters. The Morgan fingerprint density at radius 1 is 0.419 bits per heavy atom. The van der Waals surface area contributed by atoms with Crippen molar-refractivity contribution in [2.24, 2.45) is 0 Å². The van der Waals surface area contributed by atoms with E-state index < -0.39 is 39.7 Å². The topological polar surface area (TPSA) is 254 Å². The highest BCUT2D eigenvalue weighted by Gasteiger charge is 2.36. The van der Waals surface area contributed by atoms with Gasteiger partial charge in [0.2, 0.25) is 0 Å². The first kappa shape index (κ1) is 99.1. The molecule has 22 nitrogen and oxygen atoms in total. The van der Waals surface area contributed by atoms with Gasteiger partial charge in [-0.25, -0.2) is 33.7 Å². The lowest BCUT2D eigenvalue weighted by molar-refractivity contribution is 0.0815. The average Bonchev–Trinajstić information content (AvgIpc) is 1.63. The zero-order valence-corrected chi connectivity index (χ0v) is 84.7. The molecule has 0 bridgehead atoms. The predicted octanol–water partition coefficient (Wildman–Crippen LogP) is 20.6. The Hall–Kier alpha value is -9.92. The largest absolute Gasteiger partial charge is 0.393 e. The van der Waals surface area contributed by atoms with Gasteiger partial charge in [0.1, 0.15) is 0 Å². The Morgan fingerprint density at radius 2 is 0.809 bits per heavy atom. The summed E-state index contributed by atoms with van der Waals surface area (Å²) in [5.74, 6) is 1.69. The molecule has 5 aliphatic rings. The fourth-order valence-electron chi connectivity index (χ4n) is 19.4. The second kappa shape index (κ2) is 44.1. The van der Waals surface area contributed by atoms with Gasteiger partial charge >= 0.3 is 0 Å². The highest BCUT2D eigenvalue weighted by Crippen LogP contribution is 2.48. The molecule has 2 aromatic heterocycles. The van der Waals surface area contributed by atoms with Gasteiger partial charge in [0.05, 0.1) is 43.2 Å². The van der Waals surface area contributed by atoms with E-state index in [9.17, 15) is 43.9 Å². The van der Waals surface area contributed by atoms with Gasteiger partial charge in [0.15, 0.2) is 19.7 Å². The molecule has 30 heteroatoms. The number of sulfonamides is 2. The monoisotopic (exact) mass is 1990 g/mol. The van der Waals surface area contributed by atoms with Crippen LogP contribution in [-0.2, 0) is 59.2 Å². The number of fused-ring (bicyclic) bond motifs is 1. The summed E-state index contributed by atoms with van der Waals surface area (Å²) in [5.41, 5.74) is 17.1. The molecule has 6 N–H and O–H groups in total. The first-order valence-corrected chi connectivity index (χ1v) is 56.7. The van der Waals surface area contributed by atoms with Crippen LogP contribution < -0.4 is 39.7 Å². The van der Waals surface area contributed by atoms with Crippen molar-refractivity contribution in [3.8, 4) is 44.8 Å². The molecule has 10 aromatic carbocycles. The van der Waals surface area contributed by atoms with Gasteiger partial charge in [0, 0.05) is 229 Å². The van der Waals surface area contributed by atoms with E-state index in [-0.39, 0.29) is 40.0 Å². The molecule has 17 rings (SSSR count). The third-order valence-corrected chi connectivity index (χ3v) is 34.5. The normalized spacial score (nSPS) is 16.1. The lowest BCUT2D eigenvalue weighted by Gasteiger charge is -2.37. The first-order chi connectivity index (χ1) is 65.4. The molecule has 4 fully saturated rings. The van der Waals surface area contributed by atoms with E-state index in [0.29, 0.717) is 49.7 Å². The molecule has 0 saturated carbocycles. The van der Waals surface area contributed by atoms with Crippen molar-refractivity contribution >= 4 is 132 Å². The summed E-state index contributed by atoms with van der Waals surface area (Å²) in [5, 5.41) is 28.7. The fraction of sp³-hybridized carbons (Fsp3) is 0.358. The van der Waals surface area contributed by atoms with Crippen LogP contribution in [0.25, 0.3) is 44.8 Å². The van der Waals surface area contributed by atoms with Gasteiger partial charge in [-0.05, 0) is 269 Å². The quantitative estimate of drug-likeness (QED) is 0.0205. The van der Waals surface area contributed by atoms with Gasteiger partial charge in [-0.3, -0.25) is 9.44 Å². The van der Waals surface area contributed by atoms with E-state index >= 15 is 0 Å². The van der Waals surface area contributed by atoms with Crippen LogP contribution in [0.3, 0.4) is 0 Å². The maximum atomic E-state index is 13.7. The number of aryl methyl sites for hydroxylation is 2. The molecule has 7 heterocycles. The summed E-state index contributed by atoms with van der Waals surface area (Å²) in [6, 6.07) is 78.4. The highest BCUT2D eigenvalue weighted by molar-refractivity contribution is 7.99. The molecule has 5 aliphatic heterocycles. The fourth-order valence-corrected chi connectivity index (χ4v) is 26.5. The third-order valence-electron chi connectivity index (χ3n) is 26.6. The van der Waals surface area contributed by atoms with Crippen molar-refractivity contribution in [2.45, 2.75) is 159 Å². The van der Waals surface area contributed by atoms with Crippen molar-refractivity contribution in [3.05, 3.63) is 275 Å². The van der Waals surface area contributed by atoms with Gasteiger partial charge in [-0.15, -0.1) is 23.5 Å². The van der Waals surface area contributed by atoms with Crippen LogP contribution in [0.4, 0.5) is 45.5 Å². The number of aliphatic hydroxyl groups is 2. The minimum absolute atomic E-state index is 0.0308. The number of rotatable bonds is 34. The number of hydrogen-bond donors (Lipinski definition) is 6. The third kappa shape index (κ3) is 24.3. The molecule has 0 radical (unpaired) electrons. The molecule has 0 aliphatic carbocycles. The molecule has 718 valence electrons. The van der Waals surface area contributed by atoms with Crippen LogP contribution in [0.1, 0.15) is 94.1 Å². The van der Waals surface area contributed by atoms with Crippen molar-refractivity contribution < 1.29 is 43.9 Å². The average molecular weight is 1990 g/mol. The van der Waals surface area contributed by atoms with E-state index in [1.165, 1.54) is 22.3 Å². The minimum Gasteiger partial charge on any atom is -0.393 e. The summed E-state index contributed by atoms with van der Waals surface area (Å²) in [4.78, 5) is 17.7. The molecule has 0 amide bonds. The predicted molar refractivity (Wildman–Crippen MR) is 562 cm³/mol. The summed E-state index contributed by atoms with van der Waals surface area (Å²) in [6.07, 6.45) is 8.92. The van der Waals surface area contributed by atoms with Crippen molar-refractivity contribution in [1.82, 2.24) is 18.9 Å². The summed E-state index contributed by atoms with van der Waals surface area (Å²) in [7, 11) is -14.9. The summed E-state index contributed by atoms with van der Waals surface area (Å²) >= 11 is 16.2. The maximum Gasteiger partial charge on any atom is 0.261 e. The lowest BCUT2D eigenvalue weighted by atomic mass is 9.99. The number of thioether (sulfide) groups is 2. The van der Waals surface area contributed by atoms with Gasteiger partial charge < -0.3 is 59.4 Å².